The van der Waals surface area contributed by atoms with E-state index in [4.69, 9.17) is 4.42 Å². The summed E-state index contributed by atoms with van der Waals surface area (Å²) < 4.78 is 32.0. The molecule has 0 saturated carbocycles. The van der Waals surface area contributed by atoms with Crippen LogP contribution in [0.15, 0.2) is 41.0 Å². The van der Waals surface area contributed by atoms with Crippen LogP contribution >= 0.6 is 0 Å². The first-order valence-corrected chi connectivity index (χ1v) is 8.15. The fourth-order valence-electron chi connectivity index (χ4n) is 2.93. The Balaban J connectivity index is 1.69. The van der Waals surface area contributed by atoms with Gasteiger partial charge >= 0.3 is 6.03 Å². The number of hydrogen-bond acceptors (Lipinski definition) is 4. The van der Waals surface area contributed by atoms with Crippen molar-refractivity contribution in [1.82, 2.24) is 15.5 Å². The number of imide groups is 1. The number of carbonyl (C=O) groups is 3. The first kappa shape index (κ1) is 18.6. The quantitative estimate of drug-likeness (QED) is 0.782. The van der Waals surface area contributed by atoms with Gasteiger partial charge in [-0.25, -0.2) is 13.6 Å². The van der Waals surface area contributed by atoms with Crippen LogP contribution in [-0.2, 0) is 15.1 Å². The van der Waals surface area contributed by atoms with Gasteiger partial charge in [-0.1, -0.05) is 6.07 Å². The van der Waals surface area contributed by atoms with Crippen molar-refractivity contribution in [1.29, 1.82) is 0 Å². The second kappa shape index (κ2) is 6.82. The third-order valence-electron chi connectivity index (χ3n) is 4.40. The Kier molecular flexibility index (Phi) is 4.69. The highest BCUT2D eigenvalue weighted by Gasteiger charge is 2.51. The number of nitrogens with one attached hydrogen (secondary N) is 2. The standard InChI is InChI=1S/C18H17F2N3O4/c1-10(12-6-5-11(19)8-13(12)20)21-15(24)9-23-16(25)18(2,22-17(23)26)14-4-3-7-27-14/h3-8,10H,9H2,1-2H3,(H,21,24)(H,22,26)/t10-,18-/m1/s1. The smallest absolute Gasteiger partial charge is 0.325 e. The summed E-state index contributed by atoms with van der Waals surface area (Å²) in [6.45, 7) is 2.43. The van der Waals surface area contributed by atoms with Gasteiger partial charge in [-0.3, -0.25) is 14.5 Å². The van der Waals surface area contributed by atoms with Crippen molar-refractivity contribution in [2.45, 2.75) is 25.4 Å². The van der Waals surface area contributed by atoms with E-state index in [-0.39, 0.29) is 11.3 Å². The first-order valence-electron chi connectivity index (χ1n) is 8.15. The van der Waals surface area contributed by atoms with Crippen molar-refractivity contribution in [3.63, 3.8) is 0 Å². The van der Waals surface area contributed by atoms with Crippen LogP contribution in [0.1, 0.15) is 31.2 Å². The molecule has 0 aliphatic carbocycles. The van der Waals surface area contributed by atoms with Crippen LogP contribution in [0.4, 0.5) is 13.6 Å². The average molecular weight is 377 g/mol. The maximum Gasteiger partial charge on any atom is 0.325 e. The van der Waals surface area contributed by atoms with E-state index in [2.05, 4.69) is 10.6 Å². The number of rotatable bonds is 5. The molecular weight excluding hydrogens is 360 g/mol. The number of furan rings is 1. The predicted octanol–water partition coefficient (Wildman–Crippen LogP) is 2.20. The molecule has 1 fully saturated rings. The third-order valence-corrected chi connectivity index (χ3v) is 4.40. The van der Waals surface area contributed by atoms with E-state index in [1.807, 2.05) is 0 Å². The lowest BCUT2D eigenvalue weighted by atomic mass is 9.99. The lowest BCUT2D eigenvalue weighted by Crippen LogP contribution is -2.43. The van der Waals surface area contributed by atoms with Crippen molar-refractivity contribution < 1.29 is 27.6 Å². The van der Waals surface area contributed by atoms with Crippen molar-refractivity contribution in [3.05, 3.63) is 59.6 Å². The molecule has 1 aromatic heterocycles. The summed E-state index contributed by atoms with van der Waals surface area (Å²) in [4.78, 5) is 37.8. The van der Waals surface area contributed by atoms with Gasteiger partial charge in [0.05, 0.1) is 12.3 Å². The van der Waals surface area contributed by atoms with E-state index >= 15 is 0 Å². The molecule has 27 heavy (non-hydrogen) atoms. The summed E-state index contributed by atoms with van der Waals surface area (Å²) in [7, 11) is 0. The average Bonchev–Trinajstić information content (AvgIpc) is 3.19. The highest BCUT2D eigenvalue weighted by molar-refractivity contribution is 6.08. The molecule has 7 nitrogen and oxygen atoms in total. The molecule has 1 aliphatic rings. The number of benzene rings is 1. The molecule has 1 saturated heterocycles. The third kappa shape index (κ3) is 3.40. The van der Waals surface area contributed by atoms with Crippen molar-refractivity contribution >= 4 is 17.8 Å². The van der Waals surface area contributed by atoms with Gasteiger partial charge in [0.2, 0.25) is 5.91 Å². The Bertz CT molecular complexity index is 900. The van der Waals surface area contributed by atoms with Gasteiger partial charge < -0.3 is 15.1 Å². The van der Waals surface area contributed by atoms with Crippen molar-refractivity contribution in [3.8, 4) is 0 Å². The summed E-state index contributed by atoms with van der Waals surface area (Å²) in [5, 5.41) is 4.99. The van der Waals surface area contributed by atoms with Gasteiger partial charge in [0.25, 0.3) is 5.91 Å². The van der Waals surface area contributed by atoms with Crippen LogP contribution in [0.5, 0.6) is 0 Å². The number of carbonyl (C=O) groups excluding carboxylic acids is 3. The SMILES string of the molecule is C[C@@H](NC(=O)CN1C(=O)N[C@](C)(c2ccco2)C1=O)c1ccc(F)cc1F. The lowest BCUT2D eigenvalue weighted by molar-refractivity contribution is -0.135. The largest absolute Gasteiger partial charge is 0.466 e. The minimum Gasteiger partial charge on any atom is -0.466 e. The molecule has 2 atom stereocenters. The maximum absolute atomic E-state index is 13.8. The van der Waals surface area contributed by atoms with E-state index in [1.54, 1.807) is 12.1 Å². The molecule has 2 heterocycles. The number of hydrogen-bond donors (Lipinski definition) is 2. The van der Waals surface area contributed by atoms with Gasteiger partial charge in [-0.15, -0.1) is 0 Å². The second-order valence-electron chi connectivity index (χ2n) is 6.38. The van der Waals surface area contributed by atoms with Gasteiger partial charge in [0, 0.05) is 11.6 Å². The Morgan fingerprint density at radius 2 is 2.07 bits per heavy atom. The Hall–Kier alpha value is -3.23. The van der Waals surface area contributed by atoms with Gasteiger partial charge in [0.15, 0.2) is 5.54 Å². The van der Waals surface area contributed by atoms with Crippen LogP contribution in [-0.4, -0.2) is 29.3 Å². The fourth-order valence-corrected chi connectivity index (χ4v) is 2.93. The second-order valence-corrected chi connectivity index (χ2v) is 6.38. The molecule has 0 bridgehead atoms. The summed E-state index contributed by atoms with van der Waals surface area (Å²) in [6.07, 6.45) is 1.37. The highest BCUT2D eigenvalue weighted by Crippen LogP contribution is 2.29. The minimum absolute atomic E-state index is 0.0855. The minimum atomic E-state index is -1.41. The number of urea groups is 1. The topological polar surface area (TPSA) is 91.7 Å². The molecule has 3 rings (SSSR count). The van der Waals surface area contributed by atoms with E-state index in [0.717, 1.165) is 11.0 Å². The molecule has 0 radical (unpaired) electrons. The number of halogens is 2. The molecule has 2 aromatic rings. The fraction of sp³-hybridized carbons (Fsp3) is 0.278. The molecule has 1 aromatic carbocycles. The summed E-state index contributed by atoms with van der Waals surface area (Å²) in [5.41, 5.74) is -1.32. The molecule has 142 valence electrons. The Morgan fingerprint density at radius 1 is 1.33 bits per heavy atom. The molecule has 0 spiro atoms. The zero-order chi connectivity index (χ0) is 19.8. The monoisotopic (exact) mass is 377 g/mol. The number of amides is 4. The zero-order valence-corrected chi connectivity index (χ0v) is 14.6. The normalized spacial score (nSPS) is 20.5. The van der Waals surface area contributed by atoms with E-state index in [9.17, 15) is 23.2 Å². The summed E-state index contributed by atoms with van der Waals surface area (Å²) in [6, 6.07) is 4.61. The van der Waals surface area contributed by atoms with E-state index in [0.29, 0.717) is 6.07 Å². The molecule has 0 unspecified atom stereocenters. The lowest BCUT2D eigenvalue weighted by Gasteiger charge is -2.20. The highest BCUT2D eigenvalue weighted by atomic mass is 19.1. The van der Waals surface area contributed by atoms with Crippen LogP contribution in [0, 0.1) is 11.6 Å². The van der Waals surface area contributed by atoms with Crippen molar-refractivity contribution in [2.24, 2.45) is 0 Å². The predicted molar refractivity (Wildman–Crippen MR) is 89.2 cm³/mol. The van der Waals surface area contributed by atoms with E-state index < -0.39 is 47.6 Å². The zero-order valence-electron chi connectivity index (χ0n) is 14.6. The summed E-state index contributed by atoms with van der Waals surface area (Å²) >= 11 is 0. The van der Waals surface area contributed by atoms with E-state index in [1.165, 1.54) is 26.2 Å². The maximum atomic E-state index is 13.8. The Labute approximate surface area is 153 Å². The molecule has 9 heteroatoms. The van der Waals surface area contributed by atoms with Crippen molar-refractivity contribution in [2.75, 3.05) is 6.54 Å². The molecular formula is C18H17F2N3O4. The van der Waals surface area contributed by atoms with Gasteiger partial charge in [-0.2, -0.15) is 0 Å². The molecule has 2 N–H and O–H groups in total. The first-order chi connectivity index (χ1) is 12.7. The Morgan fingerprint density at radius 3 is 2.70 bits per heavy atom. The molecule has 4 amide bonds. The number of nitrogens with zero attached hydrogens (tertiary/aromatic N) is 1. The van der Waals surface area contributed by atoms with Gasteiger partial charge in [0.1, 0.15) is 23.9 Å². The molecule has 1 aliphatic heterocycles. The van der Waals surface area contributed by atoms with Crippen LogP contribution in [0.25, 0.3) is 0 Å². The summed E-state index contributed by atoms with van der Waals surface area (Å²) in [5.74, 6) is -2.60. The van der Waals surface area contributed by atoms with Gasteiger partial charge in [-0.05, 0) is 32.0 Å². The van der Waals surface area contributed by atoms with Crippen LogP contribution in [0.3, 0.4) is 0 Å². The van der Waals surface area contributed by atoms with Crippen LogP contribution in [0.2, 0.25) is 0 Å². The van der Waals surface area contributed by atoms with Crippen LogP contribution < -0.4 is 10.6 Å².